The molecule has 1 heterocycles. The number of pyridine rings is 1. The molecule has 3 nitrogen and oxygen atoms in total. The van der Waals surface area contributed by atoms with Crippen molar-refractivity contribution in [1.82, 2.24) is 10.3 Å². The van der Waals surface area contributed by atoms with Crippen molar-refractivity contribution in [2.24, 2.45) is 0 Å². The average Bonchev–Trinajstić information content (AvgIpc) is 2.47. The van der Waals surface area contributed by atoms with Gasteiger partial charge in [-0.15, -0.1) is 11.8 Å². The molecule has 5 heteroatoms. The Morgan fingerprint density at radius 2 is 2.05 bits per heavy atom. The minimum atomic E-state index is -0.0748. The molecule has 0 aliphatic rings. The highest BCUT2D eigenvalue weighted by Gasteiger charge is 2.10. The van der Waals surface area contributed by atoms with E-state index in [1.165, 1.54) is 11.8 Å². The fourth-order valence-electron chi connectivity index (χ4n) is 1.67. The first-order valence-corrected chi connectivity index (χ1v) is 8.01. The van der Waals surface area contributed by atoms with Crippen molar-refractivity contribution >= 4 is 33.6 Å². The van der Waals surface area contributed by atoms with Gasteiger partial charge in [0.05, 0.1) is 17.5 Å². The zero-order chi connectivity index (χ0) is 14.4. The first-order chi connectivity index (χ1) is 9.65. The number of halogens is 1. The molecule has 0 saturated heterocycles. The maximum absolute atomic E-state index is 11.9. The van der Waals surface area contributed by atoms with Gasteiger partial charge in [-0.1, -0.05) is 22.0 Å². The molecular weight excluding hydrogens is 336 g/mol. The molecular formula is C15H15BrN2OS. The van der Waals surface area contributed by atoms with Crippen LogP contribution < -0.4 is 5.32 Å². The lowest BCUT2D eigenvalue weighted by molar-refractivity contribution is -0.119. The first-order valence-electron chi connectivity index (χ1n) is 6.24. The first kappa shape index (κ1) is 15.1. The minimum absolute atomic E-state index is 0.0103. The second kappa shape index (κ2) is 7.45. The molecule has 1 amide bonds. The number of hydrogen-bond acceptors (Lipinski definition) is 3. The Kier molecular flexibility index (Phi) is 5.61. The Hall–Kier alpha value is -1.33. The third-order valence-corrected chi connectivity index (χ3v) is 4.23. The predicted octanol–water partition coefficient (Wildman–Crippen LogP) is 3.81. The molecule has 2 aromatic rings. The summed E-state index contributed by atoms with van der Waals surface area (Å²) in [6.45, 7) is 1.94. The average molecular weight is 351 g/mol. The summed E-state index contributed by atoms with van der Waals surface area (Å²) in [5.74, 6) is 0.412. The van der Waals surface area contributed by atoms with Gasteiger partial charge in [-0.3, -0.25) is 9.78 Å². The molecule has 1 N–H and O–H groups in total. The van der Waals surface area contributed by atoms with Crippen molar-refractivity contribution in [3.63, 3.8) is 0 Å². The fourth-order valence-corrected chi connectivity index (χ4v) is 2.64. The zero-order valence-electron chi connectivity index (χ0n) is 11.0. The highest BCUT2D eigenvalue weighted by atomic mass is 79.9. The molecule has 0 fully saturated rings. The smallest absolute Gasteiger partial charge is 0.230 e. The molecule has 1 aromatic heterocycles. The van der Waals surface area contributed by atoms with Crippen LogP contribution >= 0.6 is 27.7 Å². The standard InChI is InChI=1S/C15H15BrN2OS/c1-11(14-4-2-3-9-17-14)18-15(19)10-20-13-7-5-12(16)6-8-13/h2-9,11H,10H2,1H3,(H,18,19)/t11-/m1/s1. The Morgan fingerprint density at radius 3 is 2.70 bits per heavy atom. The third-order valence-electron chi connectivity index (χ3n) is 2.69. The lowest BCUT2D eigenvalue weighted by atomic mass is 10.2. The quantitative estimate of drug-likeness (QED) is 0.833. The number of benzene rings is 1. The lowest BCUT2D eigenvalue weighted by Gasteiger charge is -2.13. The van der Waals surface area contributed by atoms with Gasteiger partial charge in [-0.2, -0.15) is 0 Å². The number of carbonyl (C=O) groups is 1. The summed E-state index contributed by atoms with van der Waals surface area (Å²) >= 11 is 4.91. The van der Waals surface area contributed by atoms with Gasteiger partial charge in [-0.25, -0.2) is 0 Å². The summed E-state index contributed by atoms with van der Waals surface area (Å²) in [7, 11) is 0. The van der Waals surface area contributed by atoms with Gasteiger partial charge in [0.15, 0.2) is 0 Å². The Bertz CT molecular complexity index is 560. The Balaban J connectivity index is 1.82. The summed E-state index contributed by atoms with van der Waals surface area (Å²) in [5.41, 5.74) is 0.870. The van der Waals surface area contributed by atoms with Crippen LogP contribution in [0.2, 0.25) is 0 Å². The van der Waals surface area contributed by atoms with Gasteiger partial charge >= 0.3 is 0 Å². The van der Waals surface area contributed by atoms with E-state index in [4.69, 9.17) is 0 Å². The minimum Gasteiger partial charge on any atom is -0.347 e. The number of rotatable bonds is 5. The van der Waals surface area contributed by atoms with Crippen molar-refractivity contribution in [1.29, 1.82) is 0 Å². The van der Waals surface area contributed by atoms with Crippen LogP contribution in [0.15, 0.2) is 58.0 Å². The van der Waals surface area contributed by atoms with Gasteiger partial charge in [-0.05, 0) is 43.3 Å². The molecule has 0 saturated carbocycles. The van der Waals surface area contributed by atoms with Crippen molar-refractivity contribution < 1.29 is 4.79 Å². The Labute approximate surface area is 131 Å². The number of thioether (sulfide) groups is 1. The maximum atomic E-state index is 11.9. The second-order valence-electron chi connectivity index (χ2n) is 4.29. The van der Waals surface area contributed by atoms with Crippen molar-refractivity contribution in [2.45, 2.75) is 17.9 Å². The van der Waals surface area contributed by atoms with Gasteiger partial charge < -0.3 is 5.32 Å². The van der Waals surface area contributed by atoms with Gasteiger partial charge in [0.25, 0.3) is 0 Å². The van der Waals surface area contributed by atoms with Crippen LogP contribution in [0.1, 0.15) is 18.7 Å². The molecule has 0 radical (unpaired) electrons. The highest BCUT2D eigenvalue weighted by molar-refractivity contribution is 9.10. The third kappa shape index (κ3) is 4.65. The number of hydrogen-bond donors (Lipinski definition) is 1. The van der Waals surface area contributed by atoms with E-state index in [0.717, 1.165) is 15.1 Å². The van der Waals surface area contributed by atoms with E-state index >= 15 is 0 Å². The van der Waals surface area contributed by atoms with E-state index in [0.29, 0.717) is 5.75 Å². The summed E-state index contributed by atoms with van der Waals surface area (Å²) in [5, 5.41) is 2.95. The van der Waals surface area contributed by atoms with E-state index in [9.17, 15) is 4.79 Å². The topological polar surface area (TPSA) is 42.0 Å². The van der Waals surface area contributed by atoms with E-state index in [2.05, 4.69) is 26.2 Å². The molecule has 104 valence electrons. The number of nitrogens with one attached hydrogen (secondary N) is 1. The highest BCUT2D eigenvalue weighted by Crippen LogP contribution is 2.20. The molecule has 2 rings (SSSR count). The van der Waals surface area contributed by atoms with E-state index < -0.39 is 0 Å². The maximum Gasteiger partial charge on any atom is 0.230 e. The van der Waals surface area contributed by atoms with Crippen LogP contribution in [0, 0.1) is 0 Å². The molecule has 0 spiro atoms. The molecule has 0 aliphatic carbocycles. The Morgan fingerprint density at radius 1 is 1.30 bits per heavy atom. The number of amides is 1. The fraction of sp³-hybridized carbons (Fsp3) is 0.200. The number of carbonyl (C=O) groups excluding carboxylic acids is 1. The van der Waals surface area contributed by atoms with Crippen molar-refractivity contribution in [3.8, 4) is 0 Å². The summed E-state index contributed by atoms with van der Waals surface area (Å²) < 4.78 is 1.04. The molecule has 0 aliphatic heterocycles. The lowest BCUT2D eigenvalue weighted by Crippen LogP contribution is -2.28. The van der Waals surface area contributed by atoms with Crippen molar-refractivity contribution in [3.05, 3.63) is 58.8 Å². The van der Waals surface area contributed by atoms with Crippen LogP contribution in [0.3, 0.4) is 0 Å². The molecule has 0 bridgehead atoms. The molecule has 0 unspecified atom stereocenters. The monoisotopic (exact) mass is 350 g/mol. The van der Waals surface area contributed by atoms with Gasteiger partial charge in [0.1, 0.15) is 0 Å². The van der Waals surface area contributed by atoms with Crippen LogP contribution in [-0.2, 0) is 4.79 Å². The summed E-state index contributed by atoms with van der Waals surface area (Å²) in [4.78, 5) is 17.2. The van der Waals surface area contributed by atoms with Gasteiger partial charge in [0, 0.05) is 15.6 Å². The predicted molar refractivity (Wildman–Crippen MR) is 85.7 cm³/mol. The SMILES string of the molecule is C[C@@H](NC(=O)CSc1ccc(Br)cc1)c1ccccn1. The van der Waals surface area contributed by atoms with Crippen LogP contribution in [0.5, 0.6) is 0 Å². The van der Waals surface area contributed by atoms with Crippen LogP contribution in [0.25, 0.3) is 0 Å². The molecule has 20 heavy (non-hydrogen) atoms. The van der Waals surface area contributed by atoms with Gasteiger partial charge in [0.2, 0.25) is 5.91 Å². The normalized spacial score (nSPS) is 11.9. The zero-order valence-corrected chi connectivity index (χ0v) is 13.4. The van der Waals surface area contributed by atoms with Crippen molar-refractivity contribution in [2.75, 3.05) is 5.75 Å². The van der Waals surface area contributed by atoms with E-state index in [1.54, 1.807) is 6.20 Å². The van der Waals surface area contributed by atoms with Crippen LogP contribution in [0.4, 0.5) is 0 Å². The number of nitrogens with zero attached hydrogens (tertiary/aromatic N) is 1. The number of aromatic nitrogens is 1. The van der Waals surface area contributed by atoms with Crippen LogP contribution in [-0.4, -0.2) is 16.6 Å². The van der Waals surface area contributed by atoms with E-state index in [-0.39, 0.29) is 11.9 Å². The molecule has 1 atom stereocenters. The second-order valence-corrected chi connectivity index (χ2v) is 6.25. The summed E-state index contributed by atoms with van der Waals surface area (Å²) in [6.07, 6.45) is 1.73. The largest absolute Gasteiger partial charge is 0.347 e. The summed E-state index contributed by atoms with van der Waals surface area (Å²) in [6, 6.07) is 13.5. The molecule has 1 aromatic carbocycles. The van der Waals surface area contributed by atoms with E-state index in [1.807, 2.05) is 49.4 Å².